The molecule has 0 aliphatic heterocycles. The second-order valence-electron chi connectivity index (χ2n) is 13.1. The second-order valence-corrected chi connectivity index (χ2v) is 13.1. The highest BCUT2D eigenvalue weighted by atomic mass is 16.3. The fraction of sp³-hybridized carbons (Fsp3) is 0. The standard InChI is InChI=1S/C48H28O3/c1-5-16-34-30(12-1)44(31-13-2-6-17-35(31)46(34)41-22-10-26-49-41)29-24-25-40-39(28-29)48-38(20-9-21-43(48)51-40)45-32-14-3-7-18-36(32)47(42-23-11-27-50-42)37-19-8-4-15-33(37)45/h1-28H. The molecule has 8 aromatic carbocycles. The quantitative estimate of drug-likeness (QED) is 0.178. The molecule has 0 aliphatic carbocycles. The van der Waals surface area contributed by atoms with Crippen LogP contribution in [-0.2, 0) is 0 Å². The monoisotopic (exact) mass is 652 g/mol. The van der Waals surface area contributed by atoms with Gasteiger partial charge >= 0.3 is 0 Å². The van der Waals surface area contributed by atoms with Crippen LogP contribution in [0.15, 0.2) is 184 Å². The van der Waals surface area contributed by atoms with Gasteiger partial charge in [0.25, 0.3) is 0 Å². The summed E-state index contributed by atoms with van der Waals surface area (Å²) in [5.74, 6) is 1.73. The Morgan fingerprint density at radius 1 is 0.314 bits per heavy atom. The lowest BCUT2D eigenvalue weighted by atomic mass is 9.85. The van der Waals surface area contributed by atoms with Gasteiger partial charge in [0.05, 0.1) is 12.5 Å². The third kappa shape index (κ3) is 4.06. The molecule has 3 aromatic heterocycles. The zero-order valence-corrected chi connectivity index (χ0v) is 27.4. The topological polar surface area (TPSA) is 39.4 Å². The molecule has 3 nitrogen and oxygen atoms in total. The lowest BCUT2D eigenvalue weighted by Gasteiger charge is -2.17. The van der Waals surface area contributed by atoms with Crippen LogP contribution in [-0.4, -0.2) is 0 Å². The van der Waals surface area contributed by atoms with E-state index in [1.807, 2.05) is 24.3 Å². The summed E-state index contributed by atoms with van der Waals surface area (Å²) in [4.78, 5) is 0. The summed E-state index contributed by atoms with van der Waals surface area (Å²) in [5, 5.41) is 11.5. The zero-order valence-electron chi connectivity index (χ0n) is 27.4. The lowest BCUT2D eigenvalue weighted by molar-refractivity contribution is 0.583. The van der Waals surface area contributed by atoms with Crippen molar-refractivity contribution in [2.24, 2.45) is 0 Å². The molecule has 3 heterocycles. The highest BCUT2D eigenvalue weighted by Gasteiger charge is 2.22. The number of rotatable bonds is 4. The number of fused-ring (bicyclic) bond motifs is 7. The highest BCUT2D eigenvalue weighted by Crippen LogP contribution is 2.49. The Hall–Kier alpha value is -6.84. The largest absolute Gasteiger partial charge is 0.464 e. The maximum atomic E-state index is 6.63. The maximum absolute atomic E-state index is 6.63. The van der Waals surface area contributed by atoms with Crippen molar-refractivity contribution in [3.05, 3.63) is 170 Å². The highest BCUT2D eigenvalue weighted by molar-refractivity contribution is 6.26. The number of hydrogen-bond acceptors (Lipinski definition) is 3. The summed E-state index contributed by atoms with van der Waals surface area (Å²) in [6.45, 7) is 0. The summed E-state index contributed by atoms with van der Waals surface area (Å²) in [7, 11) is 0. The van der Waals surface area contributed by atoms with Gasteiger partial charge in [-0.3, -0.25) is 0 Å². The molecule has 0 bridgehead atoms. The lowest BCUT2D eigenvalue weighted by Crippen LogP contribution is -1.91. The molecule has 0 atom stereocenters. The summed E-state index contributed by atoms with van der Waals surface area (Å²) in [5.41, 5.74) is 8.62. The Bertz CT molecular complexity index is 3010. The average molecular weight is 653 g/mol. The number of hydrogen-bond donors (Lipinski definition) is 0. The first-order valence-corrected chi connectivity index (χ1v) is 17.2. The second kappa shape index (κ2) is 10.8. The molecule has 11 rings (SSSR count). The van der Waals surface area contributed by atoms with E-state index in [-0.39, 0.29) is 0 Å². The van der Waals surface area contributed by atoms with E-state index >= 15 is 0 Å². The van der Waals surface area contributed by atoms with Gasteiger partial charge in [0.2, 0.25) is 0 Å². The Labute approximate surface area is 292 Å². The van der Waals surface area contributed by atoms with Gasteiger partial charge in [0.1, 0.15) is 22.7 Å². The Kier molecular flexibility index (Phi) is 5.96. The van der Waals surface area contributed by atoms with Gasteiger partial charge in [-0.1, -0.05) is 115 Å². The smallest absolute Gasteiger partial charge is 0.136 e. The van der Waals surface area contributed by atoms with E-state index in [1.54, 1.807) is 12.5 Å². The Morgan fingerprint density at radius 3 is 1.25 bits per heavy atom. The molecule has 51 heavy (non-hydrogen) atoms. The van der Waals surface area contributed by atoms with Crippen LogP contribution in [0.3, 0.4) is 0 Å². The van der Waals surface area contributed by atoms with Crippen LogP contribution in [0.4, 0.5) is 0 Å². The third-order valence-electron chi connectivity index (χ3n) is 10.5. The maximum Gasteiger partial charge on any atom is 0.136 e. The van der Waals surface area contributed by atoms with Crippen molar-refractivity contribution in [3.8, 4) is 44.9 Å². The molecule has 0 radical (unpaired) electrons. The fourth-order valence-electron chi connectivity index (χ4n) is 8.42. The van der Waals surface area contributed by atoms with E-state index in [2.05, 4.69) is 133 Å². The van der Waals surface area contributed by atoms with Gasteiger partial charge in [-0.2, -0.15) is 0 Å². The minimum atomic E-state index is 0.864. The molecule has 0 aliphatic rings. The molecule has 0 fully saturated rings. The van der Waals surface area contributed by atoms with Crippen LogP contribution >= 0.6 is 0 Å². The van der Waals surface area contributed by atoms with Crippen molar-refractivity contribution < 1.29 is 13.3 Å². The Morgan fingerprint density at radius 2 is 0.784 bits per heavy atom. The molecule has 11 aromatic rings. The molecular formula is C48H28O3. The van der Waals surface area contributed by atoms with E-state index in [0.717, 1.165) is 77.3 Å². The average Bonchev–Trinajstić information content (AvgIpc) is 3.98. The van der Waals surface area contributed by atoms with Crippen molar-refractivity contribution in [1.29, 1.82) is 0 Å². The van der Waals surface area contributed by atoms with Crippen LogP contribution < -0.4 is 0 Å². The van der Waals surface area contributed by atoms with Crippen molar-refractivity contribution in [3.63, 3.8) is 0 Å². The van der Waals surface area contributed by atoms with E-state index in [9.17, 15) is 0 Å². The number of furan rings is 3. The van der Waals surface area contributed by atoms with Crippen molar-refractivity contribution in [2.45, 2.75) is 0 Å². The molecule has 0 unspecified atom stereocenters. The zero-order chi connectivity index (χ0) is 33.5. The summed E-state index contributed by atoms with van der Waals surface area (Å²) in [6.07, 6.45) is 3.50. The SMILES string of the molecule is c1coc(-c2c3ccccc3c(-c3ccc4oc5cccc(-c6c7ccccc7c(-c7ccco7)c7ccccc67)c5c4c3)c3ccccc23)c1. The first-order chi connectivity index (χ1) is 25.3. The molecular weight excluding hydrogens is 625 g/mol. The molecule has 0 saturated carbocycles. The molecule has 0 saturated heterocycles. The van der Waals surface area contributed by atoms with Crippen LogP contribution in [0, 0.1) is 0 Å². The predicted molar refractivity (Wildman–Crippen MR) is 210 cm³/mol. The minimum absolute atomic E-state index is 0.864. The van der Waals surface area contributed by atoms with Crippen LogP contribution in [0.1, 0.15) is 0 Å². The van der Waals surface area contributed by atoms with Gasteiger partial charge in [-0.25, -0.2) is 0 Å². The third-order valence-corrected chi connectivity index (χ3v) is 10.5. The van der Waals surface area contributed by atoms with Crippen LogP contribution in [0.25, 0.3) is 110 Å². The molecule has 0 amide bonds. The summed E-state index contributed by atoms with van der Waals surface area (Å²) in [6, 6.07) is 55.8. The fourth-order valence-corrected chi connectivity index (χ4v) is 8.42. The summed E-state index contributed by atoms with van der Waals surface area (Å²) < 4.78 is 18.7. The number of benzene rings is 8. The molecule has 0 spiro atoms. The van der Waals surface area contributed by atoms with Gasteiger partial charge < -0.3 is 13.3 Å². The van der Waals surface area contributed by atoms with Gasteiger partial charge in [-0.05, 0) is 108 Å². The normalized spacial score (nSPS) is 11.9. The van der Waals surface area contributed by atoms with Crippen LogP contribution in [0.5, 0.6) is 0 Å². The van der Waals surface area contributed by atoms with E-state index in [4.69, 9.17) is 13.3 Å². The predicted octanol–water partition coefficient (Wildman–Crippen LogP) is 14.1. The summed E-state index contributed by atoms with van der Waals surface area (Å²) >= 11 is 0. The minimum Gasteiger partial charge on any atom is -0.464 e. The van der Waals surface area contributed by atoms with Crippen LogP contribution in [0.2, 0.25) is 0 Å². The van der Waals surface area contributed by atoms with Gasteiger partial charge in [0.15, 0.2) is 0 Å². The van der Waals surface area contributed by atoms with E-state index < -0.39 is 0 Å². The van der Waals surface area contributed by atoms with E-state index in [0.29, 0.717) is 0 Å². The first kappa shape index (κ1) is 28.0. The van der Waals surface area contributed by atoms with E-state index in [1.165, 1.54) is 32.7 Å². The molecule has 238 valence electrons. The van der Waals surface area contributed by atoms with Crippen molar-refractivity contribution >= 4 is 65.0 Å². The van der Waals surface area contributed by atoms with Crippen molar-refractivity contribution in [2.75, 3.05) is 0 Å². The van der Waals surface area contributed by atoms with Gasteiger partial charge in [0, 0.05) is 21.9 Å². The molecule has 0 N–H and O–H groups in total. The van der Waals surface area contributed by atoms with Crippen molar-refractivity contribution in [1.82, 2.24) is 0 Å². The van der Waals surface area contributed by atoms with Gasteiger partial charge in [-0.15, -0.1) is 0 Å². The molecule has 3 heteroatoms. The Balaban J connectivity index is 1.24. The first-order valence-electron chi connectivity index (χ1n) is 17.2.